The summed E-state index contributed by atoms with van der Waals surface area (Å²) >= 11 is 5.85. The van der Waals surface area contributed by atoms with Gasteiger partial charge in [0.25, 0.3) is 15.9 Å². The summed E-state index contributed by atoms with van der Waals surface area (Å²) < 4.78 is 33.5. The van der Waals surface area contributed by atoms with E-state index in [9.17, 15) is 13.2 Å². The van der Waals surface area contributed by atoms with Crippen LogP contribution in [-0.2, 0) is 27.9 Å². The zero-order valence-electron chi connectivity index (χ0n) is 19.4. The van der Waals surface area contributed by atoms with Gasteiger partial charge >= 0.3 is 0 Å². The zero-order chi connectivity index (χ0) is 25.4. The third-order valence-corrected chi connectivity index (χ3v) is 7.03. The Morgan fingerprint density at radius 3 is 1.81 bits per heavy atom. The first-order chi connectivity index (χ1) is 17.4. The Labute approximate surface area is 216 Å². The van der Waals surface area contributed by atoms with Gasteiger partial charge in [0.2, 0.25) is 0 Å². The van der Waals surface area contributed by atoms with E-state index >= 15 is 0 Å². The van der Waals surface area contributed by atoms with E-state index < -0.39 is 10.0 Å². The third kappa shape index (κ3) is 7.10. The molecule has 36 heavy (non-hydrogen) atoms. The van der Waals surface area contributed by atoms with Gasteiger partial charge in [-0.25, -0.2) is 8.42 Å². The molecule has 4 aromatic rings. The Bertz CT molecular complexity index is 1340. The largest absolute Gasteiger partial charge is 0.484 e. The highest BCUT2D eigenvalue weighted by molar-refractivity contribution is 7.92. The third-order valence-electron chi connectivity index (χ3n) is 5.38. The van der Waals surface area contributed by atoms with Crippen molar-refractivity contribution in [1.29, 1.82) is 0 Å². The van der Waals surface area contributed by atoms with E-state index in [1.165, 1.54) is 24.3 Å². The van der Waals surface area contributed by atoms with Gasteiger partial charge in [-0.15, -0.1) is 0 Å². The maximum Gasteiger partial charge on any atom is 0.261 e. The first-order valence-corrected chi connectivity index (χ1v) is 13.1. The van der Waals surface area contributed by atoms with Crippen LogP contribution >= 0.6 is 11.6 Å². The lowest BCUT2D eigenvalue weighted by atomic mass is 10.1. The van der Waals surface area contributed by atoms with Gasteiger partial charge in [0, 0.05) is 23.8 Å². The van der Waals surface area contributed by atoms with Gasteiger partial charge in [-0.2, -0.15) is 0 Å². The molecule has 0 saturated heterocycles. The molecule has 0 heterocycles. The van der Waals surface area contributed by atoms with Crippen LogP contribution in [-0.4, -0.2) is 25.8 Å². The second kappa shape index (κ2) is 11.7. The van der Waals surface area contributed by atoms with Crippen molar-refractivity contribution < 1.29 is 17.9 Å². The predicted molar refractivity (Wildman–Crippen MR) is 141 cm³/mol. The fourth-order valence-corrected chi connectivity index (χ4v) is 4.71. The molecule has 1 N–H and O–H groups in total. The standard InChI is InChI=1S/C28H25ClN2O4S/c29-24-11-13-25(14-12-24)30-36(33,34)27-17-15-26(16-18-27)35-21-28(32)31(19-22-7-3-1-4-8-22)20-23-9-5-2-6-10-23/h1-18,30H,19-21H2. The Hall–Kier alpha value is -3.81. The maximum absolute atomic E-state index is 13.1. The Balaban J connectivity index is 1.40. The first kappa shape index (κ1) is 25.3. The van der Waals surface area contributed by atoms with E-state index in [0.29, 0.717) is 29.5 Å². The summed E-state index contributed by atoms with van der Waals surface area (Å²) in [6.45, 7) is 0.728. The van der Waals surface area contributed by atoms with E-state index in [-0.39, 0.29) is 17.4 Å². The van der Waals surface area contributed by atoms with Crippen LogP contribution in [0.1, 0.15) is 11.1 Å². The number of nitrogens with one attached hydrogen (secondary N) is 1. The molecular weight excluding hydrogens is 496 g/mol. The van der Waals surface area contributed by atoms with E-state index in [1.54, 1.807) is 29.2 Å². The number of sulfonamides is 1. The molecule has 0 bridgehead atoms. The monoisotopic (exact) mass is 520 g/mol. The lowest BCUT2D eigenvalue weighted by Crippen LogP contribution is -2.34. The molecule has 0 aromatic heterocycles. The summed E-state index contributed by atoms with van der Waals surface area (Å²) in [5, 5.41) is 0.514. The Morgan fingerprint density at radius 2 is 1.28 bits per heavy atom. The minimum Gasteiger partial charge on any atom is -0.484 e. The molecule has 4 aromatic carbocycles. The molecule has 8 heteroatoms. The summed E-state index contributed by atoms with van der Waals surface area (Å²) in [7, 11) is -3.78. The molecule has 0 radical (unpaired) electrons. The summed E-state index contributed by atoms with van der Waals surface area (Å²) in [6.07, 6.45) is 0. The van der Waals surface area contributed by atoms with Crippen molar-refractivity contribution in [2.45, 2.75) is 18.0 Å². The average Bonchev–Trinajstić information content (AvgIpc) is 2.89. The van der Waals surface area contributed by atoms with Gasteiger partial charge in [-0.1, -0.05) is 72.3 Å². The number of rotatable bonds is 10. The molecule has 0 aliphatic rings. The molecule has 0 spiro atoms. The van der Waals surface area contributed by atoms with Gasteiger partial charge in [-0.05, 0) is 59.7 Å². The molecule has 0 saturated carbocycles. The van der Waals surface area contributed by atoms with E-state index in [1.807, 2.05) is 60.7 Å². The highest BCUT2D eigenvalue weighted by Gasteiger charge is 2.17. The summed E-state index contributed by atoms with van der Waals surface area (Å²) in [5.74, 6) is 0.219. The van der Waals surface area contributed by atoms with Crippen LogP contribution in [0.2, 0.25) is 5.02 Å². The van der Waals surface area contributed by atoms with E-state index in [0.717, 1.165) is 11.1 Å². The lowest BCUT2D eigenvalue weighted by Gasteiger charge is -2.23. The number of carbonyl (C=O) groups excluding carboxylic acids is 1. The number of hydrogen-bond donors (Lipinski definition) is 1. The highest BCUT2D eigenvalue weighted by atomic mass is 35.5. The number of carbonyl (C=O) groups is 1. The SMILES string of the molecule is O=C(COc1ccc(S(=O)(=O)Nc2ccc(Cl)cc2)cc1)N(Cc1ccccc1)Cc1ccccc1. The van der Waals surface area contributed by atoms with Crippen LogP contribution in [0.25, 0.3) is 0 Å². The average molecular weight is 521 g/mol. The molecule has 0 unspecified atom stereocenters. The number of hydrogen-bond acceptors (Lipinski definition) is 4. The molecule has 184 valence electrons. The van der Waals surface area contributed by atoms with Gasteiger partial charge in [0.1, 0.15) is 5.75 Å². The molecule has 0 aliphatic carbocycles. The van der Waals surface area contributed by atoms with Crippen LogP contribution in [0, 0.1) is 0 Å². The zero-order valence-corrected chi connectivity index (χ0v) is 21.0. The van der Waals surface area contributed by atoms with Gasteiger partial charge < -0.3 is 9.64 Å². The minimum atomic E-state index is -3.78. The maximum atomic E-state index is 13.1. The summed E-state index contributed by atoms with van der Waals surface area (Å²) in [5.41, 5.74) is 2.44. The fourth-order valence-electron chi connectivity index (χ4n) is 3.52. The molecule has 0 aliphatic heterocycles. The summed E-state index contributed by atoms with van der Waals surface area (Å²) in [4.78, 5) is 14.9. The van der Waals surface area contributed by atoms with Gasteiger partial charge in [-0.3, -0.25) is 9.52 Å². The van der Waals surface area contributed by atoms with Crippen molar-refractivity contribution in [3.8, 4) is 5.75 Å². The molecule has 0 fully saturated rings. The predicted octanol–water partition coefficient (Wildman–Crippen LogP) is 5.75. The van der Waals surface area contributed by atoms with Gasteiger partial charge in [0.05, 0.1) is 4.90 Å². The molecule has 6 nitrogen and oxygen atoms in total. The smallest absolute Gasteiger partial charge is 0.261 e. The highest BCUT2D eigenvalue weighted by Crippen LogP contribution is 2.21. The van der Waals surface area contributed by atoms with Crippen molar-refractivity contribution in [2.75, 3.05) is 11.3 Å². The number of halogens is 1. The second-order valence-corrected chi connectivity index (χ2v) is 10.2. The van der Waals surface area contributed by atoms with Crippen molar-refractivity contribution >= 4 is 33.2 Å². The normalized spacial score (nSPS) is 11.0. The molecule has 0 atom stereocenters. The Kier molecular flexibility index (Phi) is 8.25. The first-order valence-electron chi connectivity index (χ1n) is 11.3. The number of benzene rings is 4. The van der Waals surface area contributed by atoms with Crippen molar-refractivity contribution in [3.05, 3.63) is 125 Å². The number of nitrogens with zero attached hydrogens (tertiary/aromatic N) is 1. The molecular formula is C28H25ClN2O4S. The topological polar surface area (TPSA) is 75.7 Å². The van der Waals surface area contributed by atoms with E-state index in [4.69, 9.17) is 16.3 Å². The Morgan fingerprint density at radius 1 is 0.750 bits per heavy atom. The second-order valence-electron chi connectivity index (χ2n) is 8.09. The van der Waals surface area contributed by atoms with Crippen molar-refractivity contribution in [3.63, 3.8) is 0 Å². The van der Waals surface area contributed by atoms with Crippen LogP contribution in [0.5, 0.6) is 5.75 Å². The van der Waals surface area contributed by atoms with E-state index in [2.05, 4.69) is 4.72 Å². The summed E-state index contributed by atoms with van der Waals surface area (Å²) in [6, 6.07) is 31.8. The van der Waals surface area contributed by atoms with Gasteiger partial charge in [0.15, 0.2) is 6.61 Å². The molecule has 4 rings (SSSR count). The quantitative estimate of drug-likeness (QED) is 0.289. The fraction of sp³-hybridized carbons (Fsp3) is 0.107. The van der Waals surface area contributed by atoms with Crippen LogP contribution < -0.4 is 9.46 Å². The van der Waals surface area contributed by atoms with Crippen LogP contribution in [0.15, 0.2) is 114 Å². The number of amides is 1. The number of anilines is 1. The van der Waals surface area contributed by atoms with Crippen LogP contribution in [0.3, 0.4) is 0 Å². The molecule has 1 amide bonds. The van der Waals surface area contributed by atoms with Crippen molar-refractivity contribution in [1.82, 2.24) is 4.90 Å². The van der Waals surface area contributed by atoms with Crippen LogP contribution in [0.4, 0.5) is 5.69 Å². The lowest BCUT2D eigenvalue weighted by molar-refractivity contribution is -0.134. The minimum absolute atomic E-state index is 0.0749. The van der Waals surface area contributed by atoms with Crippen molar-refractivity contribution in [2.24, 2.45) is 0 Å². The number of ether oxygens (including phenoxy) is 1.